The largest absolute Gasteiger partial charge is 0.249 e. The minimum atomic E-state index is 0.376. The Morgan fingerprint density at radius 1 is 1.30 bits per heavy atom. The third kappa shape index (κ3) is 1.82. The van der Waals surface area contributed by atoms with Gasteiger partial charge < -0.3 is 0 Å². The zero-order chi connectivity index (χ0) is 7.40. The number of hydrogen-bond donors (Lipinski definition) is 1. The van der Waals surface area contributed by atoms with Gasteiger partial charge in [0, 0.05) is 22.2 Å². The van der Waals surface area contributed by atoms with Crippen molar-refractivity contribution in [1.82, 2.24) is 4.34 Å². The Labute approximate surface area is 69.8 Å². The van der Waals surface area contributed by atoms with Crippen LogP contribution in [0.4, 0.5) is 0 Å². The molecule has 0 radical (unpaired) electrons. The lowest BCUT2D eigenvalue weighted by Gasteiger charge is -2.07. The summed E-state index contributed by atoms with van der Waals surface area (Å²) in [6.45, 7) is 2.10. The molecule has 1 aromatic carbocycles. The lowest BCUT2D eigenvalue weighted by Crippen LogP contribution is -2.04. The molecule has 1 nitrogen and oxygen atoms in total. The van der Waals surface area contributed by atoms with Crippen molar-refractivity contribution in [3.63, 3.8) is 0 Å². The molecule has 0 saturated carbocycles. The summed E-state index contributed by atoms with van der Waals surface area (Å²) in [7, 11) is 0. The maximum absolute atomic E-state index is 3.20. The van der Waals surface area contributed by atoms with E-state index in [1.54, 1.807) is 0 Å². The molecule has 0 fully saturated rings. The monoisotopic (exact) mass is 199 g/mol. The van der Waals surface area contributed by atoms with E-state index in [9.17, 15) is 0 Å². The van der Waals surface area contributed by atoms with Crippen LogP contribution in [0.25, 0.3) is 0 Å². The smallest absolute Gasteiger partial charge is 0.0396 e. The van der Waals surface area contributed by atoms with Gasteiger partial charge in [0.15, 0.2) is 0 Å². The predicted octanol–water partition coefficient (Wildman–Crippen LogP) is 2.65. The molecule has 1 N–H and O–H groups in total. The second-order valence-electron chi connectivity index (χ2n) is 2.24. The van der Waals surface area contributed by atoms with E-state index < -0.39 is 0 Å². The molecule has 1 aromatic rings. The van der Waals surface area contributed by atoms with Crippen LogP contribution in [0.5, 0.6) is 0 Å². The fraction of sp³-hybridized carbons (Fsp3) is 0.250. The number of benzene rings is 1. The van der Waals surface area contributed by atoms with Crippen LogP contribution in [0.1, 0.15) is 18.5 Å². The lowest BCUT2D eigenvalue weighted by molar-refractivity contribution is 0.766. The summed E-state index contributed by atoms with van der Waals surface area (Å²) < 4.78 is 2.99. The topological polar surface area (TPSA) is 12.0 Å². The van der Waals surface area contributed by atoms with Crippen molar-refractivity contribution in [2.75, 3.05) is 0 Å². The fourth-order valence-electron chi connectivity index (χ4n) is 0.805. The molecule has 1 atom stereocenters. The second-order valence-corrected chi connectivity index (χ2v) is 2.70. The van der Waals surface area contributed by atoms with E-state index in [2.05, 4.69) is 39.5 Å². The van der Waals surface area contributed by atoms with Crippen LogP contribution in [0, 0.1) is 0 Å². The second kappa shape index (κ2) is 3.74. The Kier molecular flexibility index (Phi) is 2.90. The van der Waals surface area contributed by atoms with Gasteiger partial charge in [-0.05, 0) is 12.5 Å². The Bertz CT molecular complexity index is 186. The van der Waals surface area contributed by atoms with Crippen molar-refractivity contribution in [1.29, 1.82) is 0 Å². The Morgan fingerprint density at radius 3 is 2.40 bits per heavy atom. The van der Waals surface area contributed by atoms with Gasteiger partial charge >= 0.3 is 0 Å². The molecule has 1 rings (SSSR count). The Hall–Kier alpha value is -0.340. The summed E-state index contributed by atoms with van der Waals surface area (Å²) in [5.41, 5.74) is 1.29. The number of halogens is 1. The zero-order valence-electron chi connectivity index (χ0n) is 5.84. The first-order valence-electron chi connectivity index (χ1n) is 3.25. The molecule has 54 valence electrons. The van der Waals surface area contributed by atoms with E-state index in [0.29, 0.717) is 6.04 Å². The molecule has 0 aromatic heterocycles. The van der Waals surface area contributed by atoms with Crippen molar-refractivity contribution in [3.05, 3.63) is 35.9 Å². The normalized spacial score (nSPS) is 13.0. The van der Waals surface area contributed by atoms with E-state index in [1.807, 2.05) is 18.2 Å². The van der Waals surface area contributed by atoms with Crippen molar-refractivity contribution in [2.45, 2.75) is 13.0 Å². The molecule has 0 aliphatic rings. The molecular formula is C8H10BrN. The average molecular weight is 200 g/mol. The minimum Gasteiger partial charge on any atom is -0.249 e. The van der Waals surface area contributed by atoms with Gasteiger partial charge in [0.2, 0.25) is 0 Å². The van der Waals surface area contributed by atoms with E-state index in [4.69, 9.17) is 0 Å². The maximum atomic E-state index is 3.20. The summed E-state index contributed by atoms with van der Waals surface area (Å²) in [5.74, 6) is 0. The molecule has 0 spiro atoms. The van der Waals surface area contributed by atoms with Crippen LogP contribution in [0.3, 0.4) is 0 Å². The summed E-state index contributed by atoms with van der Waals surface area (Å²) in [5, 5.41) is 0. The summed E-state index contributed by atoms with van der Waals surface area (Å²) >= 11 is 3.20. The molecule has 10 heavy (non-hydrogen) atoms. The molecule has 0 amide bonds. The van der Waals surface area contributed by atoms with Crippen molar-refractivity contribution in [2.24, 2.45) is 0 Å². The molecular weight excluding hydrogens is 190 g/mol. The summed E-state index contributed by atoms with van der Waals surface area (Å²) in [6, 6.07) is 10.7. The molecule has 2 heteroatoms. The maximum Gasteiger partial charge on any atom is 0.0396 e. The first kappa shape index (κ1) is 7.76. The van der Waals surface area contributed by atoms with Gasteiger partial charge in [-0.2, -0.15) is 0 Å². The van der Waals surface area contributed by atoms with Crippen LogP contribution in [0.2, 0.25) is 0 Å². The SMILES string of the molecule is C[C@@H](NBr)c1ccccc1. The molecule has 0 aliphatic carbocycles. The van der Waals surface area contributed by atoms with Crippen molar-refractivity contribution in [3.8, 4) is 0 Å². The van der Waals surface area contributed by atoms with E-state index in [0.717, 1.165) is 0 Å². The summed E-state index contributed by atoms with van der Waals surface area (Å²) in [4.78, 5) is 0. The first-order valence-corrected chi connectivity index (χ1v) is 4.05. The van der Waals surface area contributed by atoms with Crippen LogP contribution in [0.15, 0.2) is 30.3 Å². The summed E-state index contributed by atoms with van der Waals surface area (Å²) in [6.07, 6.45) is 0. The van der Waals surface area contributed by atoms with Gasteiger partial charge in [0.05, 0.1) is 0 Å². The number of rotatable bonds is 2. The minimum absolute atomic E-state index is 0.376. The van der Waals surface area contributed by atoms with E-state index in [-0.39, 0.29) is 0 Å². The van der Waals surface area contributed by atoms with E-state index in [1.165, 1.54) is 5.56 Å². The van der Waals surface area contributed by atoms with Gasteiger partial charge in [-0.1, -0.05) is 30.3 Å². The molecule has 0 heterocycles. The van der Waals surface area contributed by atoms with Gasteiger partial charge in [0.25, 0.3) is 0 Å². The number of nitrogens with one attached hydrogen (secondary N) is 1. The zero-order valence-corrected chi connectivity index (χ0v) is 7.43. The van der Waals surface area contributed by atoms with Crippen LogP contribution in [-0.4, -0.2) is 0 Å². The molecule has 0 bridgehead atoms. The molecule has 0 saturated heterocycles. The van der Waals surface area contributed by atoms with Crippen LogP contribution < -0.4 is 4.34 Å². The highest BCUT2D eigenvalue weighted by Crippen LogP contribution is 2.11. The van der Waals surface area contributed by atoms with E-state index >= 15 is 0 Å². The van der Waals surface area contributed by atoms with Gasteiger partial charge in [-0.25, -0.2) is 4.34 Å². The van der Waals surface area contributed by atoms with Gasteiger partial charge in [-0.15, -0.1) is 0 Å². The van der Waals surface area contributed by atoms with Crippen molar-refractivity contribution < 1.29 is 0 Å². The highest BCUT2D eigenvalue weighted by molar-refractivity contribution is 9.08. The predicted molar refractivity (Wildman–Crippen MR) is 46.9 cm³/mol. The number of hydrogen-bond acceptors (Lipinski definition) is 1. The Balaban J connectivity index is 2.75. The quantitative estimate of drug-likeness (QED) is 0.723. The average Bonchev–Trinajstić information content (AvgIpc) is 2.05. The Morgan fingerprint density at radius 2 is 1.90 bits per heavy atom. The highest BCUT2D eigenvalue weighted by Gasteiger charge is 1.99. The standard InChI is InChI=1S/C8H10BrN/c1-7(10-9)8-5-3-2-4-6-8/h2-7,10H,1H3/t7-/m1/s1. The fourth-order valence-corrected chi connectivity index (χ4v) is 1.07. The van der Waals surface area contributed by atoms with Gasteiger partial charge in [0.1, 0.15) is 0 Å². The van der Waals surface area contributed by atoms with Crippen molar-refractivity contribution >= 4 is 16.1 Å². The third-order valence-corrected chi connectivity index (χ3v) is 2.15. The third-order valence-electron chi connectivity index (χ3n) is 1.46. The molecule has 0 unspecified atom stereocenters. The van der Waals surface area contributed by atoms with Crippen LogP contribution in [-0.2, 0) is 0 Å². The first-order chi connectivity index (χ1) is 4.84. The highest BCUT2D eigenvalue weighted by atomic mass is 79.9. The van der Waals surface area contributed by atoms with Crippen LogP contribution >= 0.6 is 16.1 Å². The molecule has 0 aliphatic heterocycles. The lowest BCUT2D eigenvalue weighted by atomic mass is 10.1. The van der Waals surface area contributed by atoms with Gasteiger partial charge in [-0.3, -0.25) is 0 Å².